The fourth-order valence-corrected chi connectivity index (χ4v) is 2.67. The number of ether oxygens (including phenoxy) is 1. The van der Waals surface area contributed by atoms with Crippen LogP contribution in [0.1, 0.15) is 31.7 Å². The molecule has 0 radical (unpaired) electrons. The fourth-order valence-electron chi connectivity index (χ4n) is 2.67. The molecule has 0 amide bonds. The third-order valence-electron chi connectivity index (χ3n) is 3.74. The van der Waals surface area contributed by atoms with Crippen LogP contribution < -0.4 is 5.73 Å². The predicted molar refractivity (Wildman–Crippen MR) is 68.0 cm³/mol. The Bertz CT molecular complexity index is 544. The number of methoxy groups -OCH3 is 1. The third kappa shape index (κ3) is 1.82. The molecule has 0 aliphatic heterocycles. The van der Waals surface area contributed by atoms with Gasteiger partial charge in [0.15, 0.2) is 5.65 Å². The van der Waals surface area contributed by atoms with Gasteiger partial charge in [0.2, 0.25) is 0 Å². The first kappa shape index (κ1) is 11.4. The van der Waals surface area contributed by atoms with E-state index in [1.54, 1.807) is 13.3 Å². The zero-order valence-electron chi connectivity index (χ0n) is 10.4. The van der Waals surface area contributed by atoms with Crippen LogP contribution in [0, 0.1) is 0 Å². The molecule has 0 unspecified atom stereocenters. The Labute approximate surface area is 105 Å². The number of anilines is 1. The minimum atomic E-state index is 0.391. The van der Waals surface area contributed by atoms with E-state index in [1.807, 2.05) is 4.68 Å². The Morgan fingerprint density at radius 3 is 2.78 bits per heavy atom. The van der Waals surface area contributed by atoms with Gasteiger partial charge in [-0.05, 0) is 25.7 Å². The van der Waals surface area contributed by atoms with Gasteiger partial charge < -0.3 is 10.5 Å². The Morgan fingerprint density at radius 1 is 1.28 bits per heavy atom. The van der Waals surface area contributed by atoms with E-state index >= 15 is 0 Å². The number of nitrogens with zero attached hydrogens (tertiary/aromatic N) is 4. The van der Waals surface area contributed by atoms with Gasteiger partial charge in [0.25, 0.3) is 0 Å². The SMILES string of the molecule is COC1CCC(n2ncc3c(N)ncnc32)CC1. The van der Waals surface area contributed by atoms with Crippen LogP contribution in [0.3, 0.4) is 0 Å². The van der Waals surface area contributed by atoms with Gasteiger partial charge in [-0.15, -0.1) is 0 Å². The van der Waals surface area contributed by atoms with Crippen LogP contribution in [0.15, 0.2) is 12.5 Å². The van der Waals surface area contributed by atoms with Gasteiger partial charge in [0, 0.05) is 7.11 Å². The predicted octanol–water partition coefficient (Wildman–Crippen LogP) is 1.54. The van der Waals surface area contributed by atoms with Crippen LogP contribution in [0.4, 0.5) is 5.82 Å². The lowest BCUT2D eigenvalue weighted by molar-refractivity contribution is 0.0573. The number of fused-ring (bicyclic) bond motifs is 1. The summed E-state index contributed by atoms with van der Waals surface area (Å²) in [7, 11) is 1.78. The number of nitrogens with two attached hydrogens (primary N) is 1. The highest BCUT2D eigenvalue weighted by Gasteiger charge is 2.24. The summed E-state index contributed by atoms with van der Waals surface area (Å²) in [5.41, 5.74) is 6.65. The molecule has 2 N–H and O–H groups in total. The molecule has 2 aromatic heterocycles. The molecule has 0 bridgehead atoms. The summed E-state index contributed by atoms with van der Waals surface area (Å²) in [4.78, 5) is 8.28. The summed E-state index contributed by atoms with van der Waals surface area (Å²) >= 11 is 0. The standard InChI is InChI=1S/C12H17N5O/c1-18-9-4-2-8(3-5-9)17-12-10(6-16-17)11(13)14-7-15-12/h6-9H,2-5H2,1H3,(H2,13,14,15). The number of rotatable bonds is 2. The summed E-state index contributed by atoms with van der Waals surface area (Å²) in [5, 5.41) is 5.26. The quantitative estimate of drug-likeness (QED) is 0.870. The number of hydrogen-bond donors (Lipinski definition) is 1. The average molecular weight is 247 g/mol. The largest absolute Gasteiger partial charge is 0.383 e. The van der Waals surface area contributed by atoms with Crippen molar-refractivity contribution in [2.24, 2.45) is 0 Å². The average Bonchev–Trinajstić information content (AvgIpc) is 2.84. The van der Waals surface area contributed by atoms with Crippen LogP contribution >= 0.6 is 0 Å². The van der Waals surface area contributed by atoms with E-state index in [0.717, 1.165) is 36.7 Å². The van der Waals surface area contributed by atoms with Crippen LogP contribution in [-0.4, -0.2) is 33.0 Å². The second-order valence-corrected chi connectivity index (χ2v) is 4.75. The van der Waals surface area contributed by atoms with E-state index < -0.39 is 0 Å². The van der Waals surface area contributed by atoms with Crippen LogP contribution in [0.25, 0.3) is 11.0 Å². The molecule has 0 saturated heterocycles. The molecule has 2 heterocycles. The summed E-state index contributed by atoms with van der Waals surface area (Å²) < 4.78 is 7.37. The first-order valence-electron chi connectivity index (χ1n) is 6.26. The van der Waals surface area contributed by atoms with Crippen molar-refractivity contribution in [3.05, 3.63) is 12.5 Å². The third-order valence-corrected chi connectivity index (χ3v) is 3.74. The second-order valence-electron chi connectivity index (χ2n) is 4.75. The van der Waals surface area contributed by atoms with Crippen molar-refractivity contribution in [2.75, 3.05) is 12.8 Å². The van der Waals surface area contributed by atoms with Crippen molar-refractivity contribution >= 4 is 16.9 Å². The Balaban J connectivity index is 1.89. The molecule has 2 aromatic rings. The topological polar surface area (TPSA) is 78.9 Å². The van der Waals surface area contributed by atoms with E-state index in [9.17, 15) is 0 Å². The first-order chi connectivity index (χ1) is 8.79. The van der Waals surface area contributed by atoms with E-state index in [4.69, 9.17) is 10.5 Å². The summed E-state index contributed by atoms with van der Waals surface area (Å²) in [6, 6.07) is 0.392. The van der Waals surface area contributed by atoms with Crippen molar-refractivity contribution in [3.8, 4) is 0 Å². The molecule has 1 aliphatic carbocycles. The highest BCUT2D eigenvalue weighted by molar-refractivity contribution is 5.84. The Morgan fingerprint density at radius 2 is 2.06 bits per heavy atom. The maximum absolute atomic E-state index is 5.82. The highest BCUT2D eigenvalue weighted by atomic mass is 16.5. The summed E-state index contributed by atoms with van der Waals surface area (Å²) in [6.07, 6.45) is 7.93. The minimum absolute atomic E-state index is 0.391. The number of hydrogen-bond acceptors (Lipinski definition) is 5. The monoisotopic (exact) mass is 247 g/mol. The number of nitrogen functional groups attached to an aromatic ring is 1. The van der Waals surface area contributed by atoms with Crippen molar-refractivity contribution in [1.82, 2.24) is 19.7 Å². The van der Waals surface area contributed by atoms with Gasteiger partial charge in [-0.1, -0.05) is 0 Å². The van der Waals surface area contributed by atoms with Gasteiger partial charge >= 0.3 is 0 Å². The van der Waals surface area contributed by atoms with Gasteiger partial charge in [0.1, 0.15) is 12.1 Å². The molecule has 1 aliphatic rings. The number of aromatic nitrogens is 4. The maximum Gasteiger partial charge on any atom is 0.163 e. The minimum Gasteiger partial charge on any atom is -0.383 e. The molecule has 1 saturated carbocycles. The molecule has 0 atom stereocenters. The van der Waals surface area contributed by atoms with E-state index in [-0.39, 0.29) is 0 Å². The van der Waals surface area contributed by atoms with Gasteiger partial charge in [-0.2, -0.15) is 5.10 Å². The van der Waals surface area contributed by atoms with Crippen molar-refractivity contribution in [1.29, 1.82) is 0 Å². The molecule has 6 heteroatoms. The zero-order chi connectivity index (χ0) is 12.5. The second kappa shape index (κ2) is 4.53. The molecule has 1 fully saturated rings. The van der Waals surface area contributed by atoms with Gasteiger partial charge in [-0.25, -0.2) is 14.6 Å². The Kier molecular flexibility index (Phi) is 2.87. The smallest absolute Gasteiger partial charge is 0.163 e. The molecular weight excluding hydrogens is 230 g/mol. The normalized spacial score (nSPS) is 24.5. The Hall–Kier alpha value is -1.69. The highest BCUT2D eigenvalue weighted by Crippen LogP contribution is 2.31. The van der Waals surface area contributed by atoms with Crippen molar-refractivity contribution in [3.63, 3.8) is 0 Å². The summed E-state index contributed by atoms with van der Waals surface area (Å²) in [6.45, 7) is 0. The van der Waals surface area contributed by atoms with Gasteiger partial charge in [-0.3, -0.25) is 0 Å². The molecule has 96 valence electrons. The molecule has 18 heavy (non-hydrogen) atoms. The fraction of sp³-hybridized carbons (Fsp3) is 0.583. The van der Waals surface area contributed by atoms with E-state index in [1.165, 1.54) is 6.33 Å². The molecule has 6 nitrogen and oxygen atoms in total. The van der Waals surface area contributed by atoms with Gasteiger partial charge in [0.05, 0.1) is 23.7 Å². The first-order valence-corrected chi connectivity index (χ1v) is 6.26. The maximum atomic E-state index is 5.82. The van der Waals surface area contributed by atoms with Crippen molar-refractivity contribution in [2.45, 2.75) is 37.8 Å². The van der Waals surface area contributed by atoms with E-state index in [2.05, 4.69) is 15.1 Å². The molecule has 0 aromatic carbocycles. The van der Waals surface area contributed by atoms with Crippen LogP contribution in [0.5, 0.6) is 0 Å². The lowest BCUT2D eigenvalue weighted by Crippen LogP contribution is -2.23. The molecular formula is C12H17N5O. The lowest BCUT2D eigenvalue weighted by atomic mass is 9.93. The molecule has 0 spiro atoms. The summed E-state index contributed by atoms with van der Waals surface area (Å²) in [5.74, 6) is 0.497. The van der Waals surface area contributed by atoms with Crippen LogP contribution in [0.2, 0.25) is 0 Å². The molecule has 3 rings (SSSR count). The van der Waals surface area contributed by atoms with E-state index in [0.29, 0.717) is 18.0 Å². The zero-order valence-corrected chi connectivity index (χ0v) is 10.4. The van der Waals surface area contributed by atoms with Crippen molar-refractivity contribution < 1.29 is 4.74 Å². The van der Waals surface area contributed by atoms with Crippen LogP contribution in [-0.2, 0) is 4.74 Å². The lowest BCUT2D eigenvalue weighted by Gasteiger charge is -2.27.